The van der Waals surface area contributed by atoms with E-state index < -0.39 is 82.8 Å². The number of phenols is 3. The predicted molar refractivity (Wildman–Crippen MR) is 227 cm³/mol. The van der Waals surface area contributed by atoms with Crippen molar-refractivity contribution in [3.8, 4) is 23.0 Å². The summed E-state index contributed by atoms with van der Waals surface area (Å²) in [5.41, 5.74) is -0.233. The number of piperazine rings is 1. The van der Waals surface area contributed by atoms with Crippen molar-refractivity contribution in [2.45, 2.75) is 110 Å². The van der Waals surface area contributed by atoms with Crippen LogP contribution in [0.3, 0.4) is 0 Å². The Labute approximate surface area is 351 Å². The molecule has 0 aromatic heterocycles. The lowest BCUT2D eigenvalue weighted by Gasteiger charge is -2.36. The maximum absolute atomic E-state index is 14.4. The number of methoxy groups -OCH3 is 1. The van der Waals surface area contributed by atoms with Gasteiger partial charge in [-0.15, -0.1) is 0 Å². The number of anilines is 1. The number of ketones is 1. The van der Waals surface area contributed by atoms with Gasteiger partial charge in [0, 0.05) is 86.4 Å². The van der Waals surface area contributed by atoms with E-state index in [-0.39, 0.29) is 44.5 Å². The van der Waals surface area contributed by atoms with Gasteiger partial charge in [-0.1, -0.05) is 58.8 Å². The van der Waals surface area contributed by atoms with Crippen molar-refractivity contribution < 1.29 is 54.4 Å². The quantitative estimate of drug-likeness (QED) is 0.122. The molecular weight excluding hydrogens is 773 g/mol. The Balaban J connectivity index is 1.46. The number of nitrogens with zero attached hydrogens (tertiary/aromatic N) is 3. The second-order valence-electron chi connectivity index (χ2n) is 17.2. The third-order valence-corrected chi connectivity index (χ3v) is 13.3. The minimum Gasteiger partial charge on any atom is -0.507 e. The number of nitrogens with one attached hydrogen (secondary N) is 1. The van der Waals surface area contributed by atoms with Crippen molar-refractivity contribution in [2.75, 3.05) is 38.6 Å². The highest BCUT2D eigenvalue weighted by Gasteiger charge is 2.50. The summed E-state index contributed by atoms with van der Waals surface area (Å²) in [6.07, 6.45) is 9.71. The molecule has 5 bridgehead atoms. The zero-order valence-corrected chi connectivity index (χ0v) is 35.9. The number of hydrogen-bond donors (Lipinski definition) is 7. The Morgan fingerprint density at radius 3 is 2.15 bits per heavy atom. The maximum Gasteiger partial charge on any atom is 0.312 e. The van der Waals surface area contributed by atoms with Crippen molar-refractivity contribution in [1.82, 2.24) is 9.91 Å². The number of carbonyl (C=O) groups is 2. The number of aliphatic hydroxyl groups excluding tert-OH is 3. The van der Waals surface area contributed by atoms with E-state index in [1.807, 2.05) is 5.01 Å². The van der Waals surface area contributed by atoms with Crippen LogP contribution < -0.4 is 10.1 Å². The molecule has 1 amide bonds. The lowest BCUT2D eigenvalue weighted by Crippen LogP contribution is -2.47. The van der Waals surface area contributed by atoms with Gasteiger partial charge < -0.3 is 50.2 Å². The Bertz CT molecular complexity index is 2070. The molecule has 4 aliphatic heterocycles. The van der Waals surface area contributed by atoms with Crippen LogP contribution in [0.2, 0.25) is 0 Å². The summed E-state index contributed by atoms with van der Waals surface area (Å²) >= 11 is 0. The number of rotatable bonds is 4. The van der Waals surface area contributed by atoms with E-state index in [2.05, 4.69) is 15.3 Å². The Kier molecular flexibility index (Phi) is 13.6. The minimum absolute atomic E-state index is 0.0742. The molecule has 2 aromatic carbocycles. The van der Waals surface area contributed by atoms with E-state index in [1.54, 1.807) is 46.8 Å². The topological polar surface area (TPSA) is 214 Å². The molecule has 15 heteroatoms. The number of benzene rings is 2. The van der Waals surface area contributed by atoms with E-state index in [4.69, 9.17) is 14.2 Å². The summed E-state index contributed by atoms with van der Waals surface area (Å²) < 4.78 is 17.8. The van der Waals surface area contributed by atoms with Crippen molar-refractivity contribution in [3.63, 3.8) is 0 Å². The SMILES string of the molecule is COC1C=COC2(C)Oc3c(C)c(O)c4c(O)c(c(C=NN5CCN(C6CCCC6)CC5)c(O)c4c3C2=O)NC(=O)C(C)=CC=CC(C)C(O)C(C)C(O)C(C)C(O)C1C. The van der Waals surface area contributed by atoms with Crippen LogP contribution in [0.4, 0.5) is 5.69 Å². The number of amides is 1. The third kappa shape index (κ3) is 8.47. The summed E-state index contributed by atoms with van der Waals surface area (Å²) in [5, 5.41) is 78.4. The fraction of sp³-hybridized carbons (Fsp3) is 0.578. The molecule has 15 nitrogen and oxygen atoms in total. The maximum atomic E-state index is 14.4. The van der Waals surface area contributed by atoms with Crippen LogP contribution >= 0.6 is 0 Å². The molecule has 9 unspecified atom stereocenters. The molecule has 7 rings (SSSR count). The van der Waals surface area contributed by atoms with Gasteiger partial charge >= 0.3 is 5.79 Å². The van der Waals surface area contributed by atoms with Gasteiger partial charge in [-0.2, -0.15) is 5.10 Å². The lowest BCUT2D eigenvalue weighted by atomic mass is 9.78. The summed E-state index contributed by atoms with van der Waals surface area (Å²) in [7, 11) is 1.45. The van der Waals surface area contributed by atoms with E-state index in [0.717, 1.165) is 13.1 Å². The number of phenolic OH excluding ortho intramolecular Hbond substituents is 3. The van der Waals surface area contributed by atoms with Crippen molar-refractivity contribution in [3.05, 3.63) is 52.8 Å². The molecule has 9 atom stereocenters. The largest absolute Gasteiger partial charge is 0.507 e. The first kappa shape index (κ1) is 44.9. The monoisotopic (exact) mass is 834 g/mol. The molecule has 2 fully saturated rings. The highest BCUT2D eigenvalue weighted by atomic mass is 16.7. The molecule has 2 aromatic rings. The van der Waals surface area contributed by atoms with Gasteiger partial charge in [-0.25, -0.2) is 0 Å². The van der Waals surface area contributed by atoms with Crippen molar-refractivity contribution in [1.29, 1.82) is 0 Å². The summed E-state index contributed by atoms with van der Waals surface area (Å²) in [6.45, 7) is 14.1. The van der Waals surface area contributed by atoms with Crippen LogP contribution in [-0.2, 0) is 14.3 Å². The molecule has 7 N–H and O–H groups in total. The standard InChI is InChI=1S/C45H62N4O11/c1-23-12-11-13-24(2)44(57)47-35-30(22-46-49-19-17-48(18-20-49)29-14-9-10-15-29)40(54)32-33(41(35)55)39(53)28(6)42-34(32)43(56)45(7,60-42)59-21-16-31(58-8)25(3)37(51)27(5)38(52)26(4)36(23)50/h11-13,16,21-23,25-27,29,31,36-38,50-55H,9-10,14-15,17-20H2,1-8H3,(H,47,57). The number of hydrazone groups is 1. The number of Topliss-reactive ketones (excluding diaryl/α,β-unsaturated/α-hetero) is 1. The number of aliphatic hydroxyl groups is 3. The Morgan fingerprint density at radius 2 is 1.50 bits per heavy atom. The van der Waals surface area contributed by atoms with Crippen LogP contribution in [0.15, 0.2) is 41.2 Å². The zero-order valence-electron chi connectivity index (χ0n) is 35.9. The van der Waals surface area contributed by atoms with E-state index in [9.17, 15) is 40.2 Å². The first-order chi connectivity index (χ1) is 28.4. The van der Waals surface area contributed by atoms with E-state index >= 15 is 0 Å². The van der Waals surface area contributed by atoms with E-state index in [1.165, 1.54) is 71.3 Å². The van der Waals surface area contributed by atoms with Gasteiger partial charge in [0.15, 0.2) is 5.75 Å². The average Bonchev–Trinajstić information content (AvgIpc) is 3.87. The Morgan fingerprint density at radius 1 is 0.867 bits per heavy atom. The normalized spacial score (nSPS) is 31.6. The number of fused-ring (bicyclic) bond motifs is 14. The molecule has 1 saturated heterocycles. The Hall–Kier alpha value is -4.67. The highest BCUT2D eigenvalue weighted by molar-refractivity contribution is 6.23. The first-order valence-corrected chi connectivity index (χ1v) is 21.0. The van der Waals surface area contributed by atoms with Gasteiger partial charge in [0.25, 0.3) is 11.7 Å². The molecule has 0 spiro atoms. The highest BCUT2D eigenvalue weighted by Crippen LogP contribution is 2.55. The lowest BCUT2D eigenvalue weighted by molar-refractivity contribution is -0.112. The van der Waals surface area contributed by atoms with Crippen LogP contribution in [-0.4, -0.2) is 128 Å². The van der Waals surface area contributed by atoms with Gasteiger partial charge in [-0.05, 0) is 32.8 Å². The summed E-state index contributed by atoms with van der Waals surface area (Å²) in [5.74, 6) is -7.52. The van der Waals surface area contributed by atoms with Gasteiger partial charge in [0.2, 0.25) is 0 Å². The molecule has 60 heavy (non-hydrogen) atoms. The van der Waals surface area contributed by atoms with Crippen LogP contribution in [0.25, 0.3) is 10.8 Å². The van der Waals surface area contributed by atoms with Crippen LogP contribution in [0.5, 0.6) is 23.0 Å². The smallest absolute Gasteiger partial charge is 0.312 e. The summed E-state index contributed by atoms with van der Waals surface area (Å²) in [6, 6.07) is 0.561. The third-order valence-electron chi connectivity index (χ3n) is 13.3. The molecule has 5 aliphatic rings. The number of carbonyl (C=O) groups excluding carboxylic acids is 2. The second-order valence-corrected chi connectivity index (χ2v) is 17.2. The average molecular weight is 835 g/mol. The molecule has 1 saturated carbocycles. The molecule has 0 radical (unpaired) electrons. The molecule has 1 aliphatic carbocycles. The molecular formula is C45H62N4O11. The molecule has 328 valence electrons. The minimum atomic E-state index is -2.01. The van der Waals surface area contributed by atoms with Crippen molar-refractivity contribution >= 4 is 34.4 Å². The number of aromatic hydroxyl groups is 3. The molecule has 4 heterocycles. The fourth-order valence-corrected chi connectivity index (χ4v) is 9.08. The van der Waals surface area contributed by atoms with Gasteiger partial charge in [-0.3, -0.25) is 19.5 Å². The first-order valence-electron chi connectivity index (χ1n) is 21.0. The van der Waals surface area contributed by atoms with E-state index in [0.29, 0.717) is 19.1 Å². The van der Waals surface area contributed by atoms with Crippen molar-refractivity contribution in [2.24, 2.45) is 28.8 Å². The summed E-state index contributed by atoms with van der Waals surface area (Å²) in [4.78, 5) is 30.7. The van der Waals surface area contributed by atoms with Gasteiger partial charge in [0.1, 0.15) is 17.2 Å². The second kappa shape index (κ2) is 18.1. The van der Waals surface area contributed by atoms with Gasteiger partial charge in [0.05, 0.1) is 59.1 Å². The fourth-order valence-electron chi connectivity index (χ4n) is 9.08. The number of ether oxygens (including phenoxy) is 3. The number of hydrogen-bond acceptors (Lipinski definition) is 14. The zero-order chi connectivity index (χ0) is 43.8. The number of allylic oxidation sites excluding steroid dienone is 2. The van der Waals surface area contributed by atoms with Crippen LogP contribution in [0.1, 0.15) is 88.7 Å². The predicted octanol–water partition coefficient (Wildman–Crippen LogP) is 5.08. The van der Waals surface area contributed by atoms with Crippen LogP contribution in [0, 0.1) is 30.6 Å².